The molecule has 2 N–H and O–H groups in total. The molecule has 6 nitrogen and oxygen atoms in total. The van der Waals surface area contributed by atoms with E-state index in [1.807, 2.05) is 11.8 Å². The van der Waals surface area contributed by atoms with Crippen molar-refractivity contribution < 1.29 is 4.79 Å². The Kier molecular flexibility index (Phi) is 3.73. The Morgan fingerprint density at radius 2 is 2.24 bits per heavy atom. The zero-order valence-corrected chi connectivity index (χ0v) is 10.1. The molecule has 1 saturated heterocycles. The quantitative estimate of drug-likeness (QED) is 0.794. The van der Waals surface area contributed by atoms with Gasteiger partial charge in [0.15, 0.2) is 0 Å². The second-order valence-corrected chi connectivity index (χ2v) is 4.68. The minimum Gasteiger partial charge on any atom is -0.341 e. The van der Waals surface area contributed by atoms with Crippen molar-refractivity contribution >= 4 is 5.91 Å². The van der Waals surface area contributed by atoms with E-state index in [1.165, 1.54) is 0 Å². The molecule has 0 radical (unpaired) electrons. The number of hydrogen-bond donors (Lipinski definition) is 1. The maximum atomic E-state index is 11.9. The van der Waals surface area contributed by atoms with Crippen molar-refractivity contribution in [1.29, 1.82) is 0 Å². The van der Waals surface area contributed by atoms with E-state index in [2.05, 4.69) is 10.3 Å². The minimum absolute atomic E-state index is 0.110. The lowest BCUT2D eigenvalue weighted by molar-refractivity contribution is -0.133. The van der Waals surface area contributed by atoms with Gasteiger partial charge < -0.3 is 10.6 Å². The summed E-state index contributed by atoms with van der Waals surface area (Å²) in [6.07, 6.45) is 5.28. The van der Waals surface area contributed by atoms with Gasteiger partial charge in [-0.2, -0.15) is 0 Å². The van der Waals surface area contributed by atoms with Gasteiger partial charge in [0.2, 0.25) is 5.91 Å². The summed E-state index contributed by atoms with van der Waals surface area (Å²) in [6.45, 7) is 3.93. The largest absolute Gasteiger partial charge is 0.341 e. The molecule has 1 aromatic heterocycles. The van der Waals surface area contributed by atoms with E-state index in [-0.39, 0.29) is 18.5 Å². The van der Waals surface area contributed by atoms with Crippen LogP contribution >= 0.6 is 0 Å². The van der Waals surface area contributed by atoms with Crippen LogP contribution in [0.25, 0.3) is 0 Å². The third-order valence-corrected chi connectivity index (χ3v) is 3.41. The summed E-state index contributed by atoms with van der Waals surface area (Å²) in [5.41, 5.74) is 5.87. The first-order chi connectivity index (χ1) is 8.16. The molecule has 0 saturated carbocycles. The zero-order valence-electron chi connectivity index (χ0n) is 10.1. The third-order valence-electron chi connectivity index (χ3n) is 3.41. The Labute approximate surface area is 101 Å². The van der Waals surface area contributed by atoms with Crippen LogP contribution in [0.2, 0.25) is 0 Å². The van der Waals surface area contributed by atoms with Crippen LogP contribution in [0.4, 0.5) is 0 Å². The minimum atomic E-state index is 0.110. The predicted molar refractivity (Wildman–Crippen MR) is 63.0 cm³/mol. The summed E-state index contributed by atoms with van der Waals surface area (Å²) in [4.78, 5) is 13.8. The molecule has 0 spiro atoms. The summed E-state index contributed by atoms with van der Waals surface area (Å²) < 4.78 is 1.56. The number of piperidine rings is 1. The van der Waals surface area contributed by atoms with Gasteiger partial charge in [0.05, 0.1) is 6.20 Å². The van der Waals surface area contributed by atoms with Crippen LogP contribution in [0, 0.1) is 5.92 Å². The van der Waals surface area contributed by atoms with E-state index >= 15 is 0 Å². The fourth-order valence-corrected chi connectivity index (χ4v) is 2.23. The summed E-state index contributed by atoms with van der Waals surface area (Å²) >= 11 is 0. The lowest BCUT2D eigenvalue weighted by atomic mass is 9.91. The molecule has 1 aliphatic rings. The van der Waals surface area contributed by atoms with Crippen molar-refractivity contribution in [1.82, 2.24) is 19.9 Å². The number of amides is 1. The molecule has 1 atom stereocenters. The number of rotatable bonds is 3. The first-order valence-electron chi connectivity index (χ1n) is 6.04. The molecular formula is C11H19N5O. The Hall–Kier alpha value is -1.43. The number of carbonyl (C=O) groups is 1. The van der Waals surface area contributed by atoms with Gasteiger partial charge >= 0.3 is 0 Å². The fraction of sp³-hybridized carbons (Fsp3) is 0.727. The van der Waals surface area contributed by atoms with Crippen LogP contribution in [-0.4, -0.2) is 44.9 Å². The van der Waals surface area contributed by atoms with E-state index < -0.39 is 0 Å². The maximum Gasteiger partial charge on any atom is 0.244 e. The third kappa shape index (κ3) is 3.03. The van der Waals surface area contributed by atoms with Crippen molar-refractivity contribution in [2.45, 2.75) is 32.4 Å². The number of nitrogens with two attached hydrogens (primary N) is 1. The monoisotopic (exact) mass is 237 g/mol. The molecule has 1 aromatic rings. The van der Waals surface area contributed by atoms with E-state index in [4.69, 9.17) is 5.73 Å². The van der Waals surface area contributed by atoms with Crippen molar-refractivity contribution in [3.63, 3.8) is 0 Å². The molecule has 1 amide bonds. The van der Waals surface area contributed by atoms with Crippen LogP contribution in [0.3, 0.4) is 0 Å². The summed E-state index contributed by atoms with van der Waals surface area (Å²) in [6, 6.07) is 0.225. The second-order valence-electron chi connectivity index (χ2n) is 4.68. The predicted octanol–water partition coefficient (Wildman–Crippen LogP) is -0.136. The Bertz CT molecular complexity index is 354. The molecule has 6 heteroatoms. The van der Waals surface area contributed by atoms with Gasteiger partial charge in [-0.05, 0) is 25.7 Å². The average Bonchev–Trinajstić information content (AvgIpc) is 2.82. The molecule has 0 bridgehead atoms. The lowest BCUT2D eigenvalue weighted by Gasteiger charge is -2.33. The molecule has 0 aromatic carbocycles. The second kappa shape index (κ2) is 5.27. The molecule has 17 heavy (non-hydrogen) atoms. The van der Waals surface area contributed by atoms with Gasteiger partial charge in [-0.1, -0.05) is 5.21 Å². The average molecular weight is 237 g/mol. The smallest absolute Gasteiger partial charge is 0.244 e. The first kappa shape index (κ1) is 12.0. The normalized spacial score (nSPS) is 19.3. The zero-order chi connectivity index (χ0) is 12.3. The number of aromatic nitrogens is 3. The van der Waals surface area contributed by atoms with Crippen molar-refractivity contribution in [3.8, 4) is 0 Å². The number of hydrogen-bond acceptors (Lipinski definition) is 4. The summed E-state index contributed by atoms with van der Waals surface area (Å²) in [5, 5.41) is 7.47. The van der Waals surface area contributed by atoms with Gasteiger partial charge in [-0.3, -0.25) is 4.79 Å². The molecule has 1 aliphatic heterocycles. The molecule has 2 heterocycles. The van der Waals surface area contributed by atoms with Crippen LogP contribution in [0.1, 0.15) is 19.8 Å². The van der Waals surface area contributed by atoms with Crippen molar-refractivity contribution in [3.05, 3.63) is 12.4 Å². The standard InChI is InChI=1S/C11H19N5O/c1-9(12)10-2-5-15(6-3-10)11(17)8-16-7-4-13-14-16/h4,7,9-10H,2-3,5-6,8,12H2,1H3. The molecule has 1 fully saturated rings. The number of carbonyl (C=O) groups excluding carboxylic acids is 1. The highest BCUT2D eigenvalue weighted by atomic mass is 16.2. The first-order valence-corrected chi connectivity index (χ1v) is 6.04. The van der Waals surface area contributed by atoms with Gasteiger partial charge in [0.25, 0.3) is 0 Å². The molecule has 1 unspecified atom stereocenters. The van der Waals surface area contributed by atoms with Crippen LogP contribution in [-0.2, 0) is 11.3 Å². The Morgan fingerprint density at radius 1 is 1.53 bits per heavy atom. The fourth-order valence-electron chi connectivity index (χ4n) is 2.23. The molecule has 94 valence electrons. The highest BCUT2D eigenvalue weighted by Gasteiger charge is 2.24. The highest BCUT2D eigenvalue weighted by Crippen LogP contribution is 2.19. The van der Waals surface area contributed by atoms with Crippen molar-refractivity contribution in [2.75, 3.05) is 13.1 Å². The Balaban J connectivity index is 1.82. The van der Waals surface area contributed by atoms with Gasteiger partial charge in [0, 0.05) is 25.3 Å². The number of likely N-dealkylation sites (tertiary alicyclic amines) is 1. The van der Waals surface area contributed by atoms with Gasteiger partial charge in [-0.25, -0.2) is 4.68 Å². The number of nitrogens with zero attached hydrogens (tertiary/aromatic N) is 4. The van der Waals surface area contributed by atoms with E-state index in [0.29, 0.717) is 5.92 Å². The molecule has 2 rings (SSSR count). The van der Waals surface area contributed by atoms with Gasteiger partial charge in [0.1, 0.15) is 6.54 Å². The van der Waals surface area contributed by atoms with E-state index in [9.17, 15) is 4.79 Å². The molecular weight excluding hydrogens is 218 g/mol. The lowest BCUT2D eigenvalue weighted by Crippen LogP contribution is -2.43. The van der Waals surface area contributed by atoms with E-state index in [0.717, 1.165) is 25.9 Å². The Morgan fingerprint density at radius 3 is 2.76 bits per heavy atom. The maximum absolute atomic E-state index is 11.9. The van der Waals surface area contributed by atoms with Crippen LogP contribution in [0.5, 0.6) is 0 Å². The summed E-state index contributed by atoms with van der Waals surface area (Å²) in [5.74, 6) is 0.657. The topological polar surface area (TPSA) is 77.0 Å². The van der Waals surface area contributed by atoms with E-state index in [1.54, 1.807) is 17.1 Å². The summed E-state index contributed by atoms with van der Waals surface area (Å²) in [7, 11) is 0. The van der Waals surface area contributed by atoms with Gasteiger partial charge in [-0.15, -0.1) is 5.10 Å². The van der Waals surface area contributed by atoms with Crippen molar-refractivity contribution in [2.24, 2.45) is 11.7 Å². The van der Waals surface area contributed by atoms with Crippen LogP contribution < -0.4 is 5.73 Å². The SMILES string of the molecule is CC(N)C1CCN(C(=O)Cn2ccnn2)CC1. The molecule has 0 aliphatic carbocycles. The highest BCUT2D eigenvalue weighted by molar-refractivity contribution is 5.75. The van der Waals surface area contributed by atoms with Crippen LogP contribution in [0.15, 0.2) is 12.4 Å².